The number of para-hydroxylation sites is 2. The third kappa shape index (κ3) is 4.97. The van der Waals surface area contributed by atoms with Crippen molar-refractivity contribution in [3.05, 3.63) is 78.9 Å². The lowest BCUT2D eigenvalue weighted by molar-refractivity contribution is 0.378. The van der Waals surface area contributed by atoms with Crippen LogP contribution >= 0.6 is 0 Å². The highest BCUT2D eigenvalue weighted by Gasteiger charge is 2.29. The van der Waals surface area contributed by atoms with E-state index < -0.39 is 20.0 Å². The van der Waals surface area contributed by atoms with Crippen molar-refractivity contribution in [2.24, 2.45) is 0 Å². The lowest BCUT2D eigenvalue weighted by Crippen LogP contribution is -2.48. The quantitative estimate of drug-likeness (QED) is 0.550. The summed E-state index contributed by atoms with van der Waals surface area (Å²) in [4.78, 5) is 2.36. The summed E-state index contributed by atoms with van der Waals surface area (Å²) in [5.74, 6) is 0.752. The first-order valence-corrected chi connectivity index (χ1v) is 13.3. The highest BCUT2D eigenvalue weighted by atomic mass is 32.2. The Bertz CT molecular complexity index is 1300. The fourth-order valence-corrected chi connectivity index (χ4v) is 6.22. The molecule has 10 heteroatoms. The van der Waals surface area contributed by atoms with Crippen molar-refractivity contribution in [2.75, 3.05) is 42.9 Å². The fourth-order valence-electron chi connectivity index (χ4n) is 3.72. The minimum Gasteiger partial charge on any atom is -0.495 e. The van der Waals surface area contributed by atoms with E-state index in [4.69, 9.17) is 4.74 Å². The highest BCUT2D eigenvalue weighted by Crippen LogP contribution is 2.29. The zero-order valence-corrected chi connectivity index (χ0v) is 19.7. The average molecular weight is 488 g/mol. The molecule has 0 amide bonds. The van der Waals surface area contributed by atoms with Crippen LogP contribution in [0.15, 0.2) is 88.7 Å². The summed E-state index contributed by atoms with van der Waals surface area (Å²) < 4.78 is 60.5. The van der Waals surface area contributed by atoms with E-state index in [2.05, 4.69) is 9.62 Å². The molecule has 0 radical (unpaired) electrons. The van der Waals surface area contributed by atoms with Gasteiger partial charge in [-0.05, 0) is 48.5 Å². The Hall–Kier alpha value is -3.08. The molecule has 0 aliphatic carbocycles. The second-order valence-electron chi connectivity index (χ2n) is 7.51. The number of benzene rings is 3. The molecule has 1 aliphatic heterocycles. The fraction of sp³-hybridized carbons (Fsp3) is 0.217. The van der Waals surface area contributed by atoms with Gasteiger partial charge in [0.05, 0.1) is 22.6 Å². The molecule has 1 heterocycles. The number of nitrogens with one attached hydrogen (secondary N) is 1. The minimum atomic E-state index is -3.75. The van der Waals surface area contributed by atoms with Gasteiger partial charge in [0.2, 0.25) is 10.0 Å². The second-order valence-corrected chi connectivity index (χ2v) is 11.1. The average Bonchev–Trinajstić information content (AvgIpc) is 2.85. The molecular weight excluding hydrogens is 462 g/mol. The summed E-state index contributed by atoms with van der Waals surface area (Å²) >= 11 is 0. The van der Waals surface area contributed by atoms with Crippen molar-refractivity contribution in [3.8, 4) is 5.75 Å². The van der Waals surface area contributed by atoms with Crippen LogP contribution in [-0.4, -0.2) is 54.4 Å². The van der Waals surface area contributed by atoms with Crippen LogP contribution in [0.25, 0.3) is 0 Å². The summed E-state index contributed by atoms with van der Waals surface area (Å²) in [6, 6.07) is 21.4. The third-order valence-electron chi connectivity index (χ3n) is 5.46. The van der Waals surface area contributed by atoms with Gasteiger partial charge in [-0.15, -0.1) is 0 Å². The molecule has 0 bridgehead atoms. The third-order valence-corrected chi connectivity index (χ3v) is 8.77. The topological polar surface area (TPSA) is 96.0 Å². The molecule has 174 valence electrons. The number of rotatable bonds is 7. The Balaban J connectivity index is 1.44. The Morgan fingerprint density at radius 3 is 1.97 bits per heavy atom. The summed E-state index contributed by atoms with van der Waals surface area (Å²) in [6.45, 7) is 1.74. The number of nitrogens with zero attached hydrogens (tertiary/aromatic N) is 2. The maximum Gasteiger partial charge on any atom is 0.261 e. The molecule has 33 heavy (non-hydrogen) atoms. The maximum atomic E-state index is 13.1. The van der Waals surface area contributed by atoms with Crippen LogP contribution < -0.4 is 14.4 Å². The minimum absolute atomic E-state index is 0.121. The molecular formula is C23H25N3O5S2. The van der Waals surface area contributed by atoms with E-state index in [0.29, 0.717) is 31.9 Å². The van der Waals surface area contributed by atoms with Crippen molar-refractivity contribution in [1.82, 2.24) is 4.31 Å². The first-order valence-electron chi connectivity index (χ1n) is 10.4. The zero-order valence-electron chi connectivity index (χ0n) is 18.1. The summed E-state index contributed by atoms with van der Waals surface area (Å²) in [7, 11) is -5.83. The molecule has 1 fully saturated rings. The molecule has 4 rings (SSSR count). The monoisotopic (exact) mass is 487 g/mol. The molecule has 3 aromatic rings. The molecule has 3 aromatic carbocycles. The van der Waals surface area contributed by atoms with Gasteiger partial charge in [-0.1, -0.05) is 30.3 Å². The van der Waals surface area contributed by atoms with Crippen molar-refractivity contribution < 1.29 is 21.6 Å². The second kappa shape index (κ2) is 9.42. The van der Waals surface area contributed by atoms with Gasteiger partial charge in [0.15, 0.2) is 0 Å². The van der Waals surface area contributed by atoms with E-state index >= 15 is 0 Å². The molecule has 1 saturated heterocycles. The zero-order chi connectivity index (χ0) is 23.5. The molecule has 0 unspecified atom stereocenters. The van der Waals surface area contributed by atoms with Gasteiger partial charge in [-0.3, -0.25) is 4.72 Å². The summed E-state index contributed by atoms with van der Waals surface area (Å²) in [5, 5.41) is 0. The number of hydrogen-bond acceptors (Lipinski definition) is 6. The predicted molar refractivity (Wildman–Crippen MR) is 128 cm³/mol. The van der Waals surface area contributed by atoms with E-state index in [1.165, 1.54) is 40.7 Å². The molecule has 8 nitrogen and oxygen atoms in total. The smallest absolute Gasteiger partial charge is 0.261 e. The Morgan fingerprint density at radius 1 is 0.727 bits per heavy atom. The van der Waals surface area contributed by atoms with Crippen LogP contribution in [0, 0.1) is 0 Å². The van der Waals surface area contributed by atoms with Crippen molar-refractivity contribution in [3.63, 3.8) is 0 Å². The molecule has 0 spiro atoms. The van der Waals surface area contributed by atoms with E-state index in [0.717, 1.165) is 11.4 Å². The lowest BCUT2D eigenvalue weighted by atomic mass is 10.2. The van der Waals surface area contributed by atoms with Gasteiger partial charge < -0.3 is 9.64 Å². The van der Waals surface area contributed by atoms with E-state index in [9.17, 15) is 16.8 Å². The van der Waals surface area contributed by atoms with Crippen LogP contribution in [-0.2, 0) is 20.0 Å². The molecule has 0 atom stereocenters. The summed E-state index contributed by atoms with van der Waals surface area (Å²) in [6.07, 6.45) is 0. The van der Waals surface area contributed by atoms with E-state index in [1.807, 2.05) is 24.3 Å². The number of hydrogen-bond donors (Lipinski definition) is 1. The van der Waals surface area contributed by atoms with Gasteiger partial charge >= 0.3 is 0 Å². The van der Waals surface area contributed by atoms with Crippen LogP contribution in [0.2, 0.25) is 0 Å². The van der Waals surface area contributed by atoms with Crippen LogP contribution in [0.4, 0.5) is 11.4 Å². The van der Waals surface area contributed by atoms with E-state index in [-0.39, 0.29) is 9.79 Å². The van der Waals surface area contributed by atoms with Crippen LogP contribution in [0.3, 0.4) is 0 Å². The SMILES string of the molecule is COc1ccccc1N1CCN(S(=O)(=O)c2ccc(NS(=O)(=O)c3ccccc3)cc2)CC1. The number of sulfonamides is 2. The van der Waals surface area contributed by atoms with Crippen LogP contribution in [0.5, 0.6) is 5.75 Å². The van der Waals surface area contributed by atoms with Gasteiger partial charge in [0.1, 0.15) is 5.75 Å². The lowest BCUT2D eigenvalue weighted by Gasteiger charge is -2.35. The van der Waals surface area contributed by atoms with Gasteiger partial charge in [0, 0.05) is 31.9 Å². The van der Waals surface area contributed by atoms with Crippen molar-refractivity contribution in [1.29, 1.82) is 0 Å². The van der Waals surface area contributed by atoms with Crippen molar-refractivity contribution >= 4 is 31.4 Å². The van der Waals surface area contributed by atoms with E-state index in [1.54, 1.807) is 25.3 Å². The number of anilines is 2. The summed E-state index contributed by atoms with van der Waals surface area (Å²) in [5.41, 5.74) is 1.23. The Labute approximate surface area is 194 Å². The standard InChI is InChI=1S/C23H25N3O5S2/c1-31-23-10-6-5-9-22(23)25-15-17-26(18-16-25)33(29,30)21-13-11-19(12-14-21)24-32(27,28)20-7-3-2-4-8-20/h2-14,24H,15-18H2,1H3. The molecule has 0 aromatic heterocycles. The largest absolute Gasteiger partial charge is 0.495 e. The highest BCUT2D eigenvalue weighted by molar-refractivity contribution is 7.92. The molecule has 1 N–H and O–H groups in total. The normalized spacial score (nSPS) is 15.2. The first kappa shape index (κ1) is 23.1. The molecule has 0 saturated carbocycles. The van der Waals surface area contributed by atoms with Crippen LogP contribution in [0.1, 0.15) is 0 Å². The number of piperazine rings is 1. The van der Waals surface area contributed by atoms with Gasteiger partial charge in [0.25, 0.3) is 10.0 Å². The predicted octanol–water partition coefficient (Wildman–Crippen LogP) is 3.01. The number of ether oxygens (including phenoxy) is 1. The Kier molecular flexibility index (Phi) is 6.59. The van der Waals surface area contributed by atoms with Gasteiger partial charge in [-0.25, -0.2) is 16.8 Å². The molecule has 1 aliphatic rings. The first-order chi connectivity index (χ1) is 15.8. The number of methoxy groups -OCH3 is 1. The maximum absolute atomic E-state index is 13.1. The Morgan fingerprint density at radius 2 is 1.33 bits per heavy atom. The van der Waals surface area contributed by atoms with Crippen molar-refractivity contribution in [2.45, 2.75) is 9.79 Å². The van der Waals surface area contributed by atoms with Gasteiger partial charge in [-0.2, -0.15) is 4.31 Å².